The summed E-state index contributed by atoms with van der Waals surface area (Å²) in [5, 5.41) is 3.24. The predicted octanol–water partition coefficient (Wildman–Crippen LogP) is 5.11. The Morgan fingerprint density at radius 3 is 2.33 bits per heavy atom. The van der Waals surface area contributed by atoms with Crippen LogP contribution in [0.5, 0.6) is 0 Å². The molecule has 1 N–H and O–H groups in total. The molecule has 0 aliphatic carbocycles. The fraction of sp³-hybridized carbons (Fsp3) is 0.333. The van der Waals surface area contributed by atoms with Crippen LogP contribution in [0.4, 0.5) is 10.1 Å². The molecule has 3 aromatic rings. The molecule has 40 heavy (non-hydrogen) atoms. The van der Waals surface area contributed by atoms with E-state index in [4.69, 9.17) is 11.6 Å². The number of benzene rings is 3. The summed E-state index contributed by atoms with van der Waals surface area (Å²) >= 11 is 6.26. The van der Waals surface area contributed by atoms with Crippen LogP contribution in [0.2, 0.25) is 5.02 Å². The minimum Gasteiger partial charge on any atom is -0.354 e. The molecule has 0 fully saturated rings. The van der Waals surface area contributed by atoms with Gasteiger partial charge in [0, 0.05) is 30.1 Å². The highest BCUT2D eigenvalue weighted by Crippen LogP contribution is 2.26. The quantitative estimate of drug-likeness (QED) is 0.282. The van der Waals surface area contributed by atoms with E-state index in [0.717, 1.165) is 34.5 Å². The summed E-state index contributed by atoms with van der Waals surface area (Å²) in [5.74, 6) is -1.58. The molecule has 0 bridgehead atoms. The molecule has 3 rings (SSSR count). The van der Waals surface area contributed by atoms with Gasteiger partial charge in [0.25, 0.3) is 0 Å². The third-order valence-corrected chi connectivity index (χ3v) is 8.07. The van der Waals surface area contributed by atoms with Crippen molar-refractivity contribution in [3.63, 3.8) is 0 Å². The van der Waals surface area contributed by atoms with Crippen LogP contribution in [0, 0.1) is 12.7 Å². The standard InChI is InChI=1S/C30H35ClFN3O4S/c1-4-5-17-33-30(37)28(18-23-11-7-6-8-12-23)34(20-24-13-9-10-14-27(24)32)29(36)21-35(40(3,38)39)25-16-15-22(2)26(31)19-25/h6-16,19,28H,4-5,17-18,20-21H2,1-3H3,(H,33,37)/t28-/m0/s1. The highest BCUT2D eigenvalue weighted by molar-refractivity contribution is 7.92. The Morgan fingerprint density at radius 1 is 1.02 bits per heavy atom. The number of unbranched alkanes of at least 4 members (excludes halogenated alkanes) is 1. The van der Waals surface area contributed by atoms with E-state index in [1.165, 1.54) is 29.2 Å². The molecule has 0 heterocycles. The third-order valence-electron chi connectivity index (χ3n) is 6.52. The van der Waals surface area contributed by atoms with Gasteiger partial charge in [-0.15, -0.1) is 0 Å². The highest BCUT2D eigenvalue weighted by atomic mass is 35.5. The lowest BCUT2D eigenvalue weighted by Crippen LogP contribution is -2.53. The van der Waals surface area contributed by atoms with Crippen LogP contribution in [-0.4, -0.2) is 50.5 Å². The van der Waals surface area contributed by atoms with Crippen LogP contribution in [0.3, 0.4) is 0 Å². The fourth-order valence-corrected chi connectivity index (χ4v) is 5.24. The second-order valence-corrected chi connectivity index (χ2v) is 12.0. The second-order valence-electron chi connectivity index (χ2n) is 9.67. The van der Waals surface area contributed by atoms with E-state index < -0.39 is 40.2 Å². The van der Waals surface area contributed by atoms with Gasteiger partial charge in [0.05, 0.1) is 11.9 Å². The van der Waals surface area contributed by atoms with Gasteiger partial charge in [0.2, 0.25) is 21.8 Å². The number of amides is 2. The smallest absolute Gasteiger partial charge is 0.244 e. The van der Waals surface area contributed by atoms with Crippen molar-refractivity contribution >= 4 is 39.1 Å². The number of nitrogens with zero attached hydrogens (tertiary/aromatic N) is 2. The summed E-state index contributed by atoms with van der Waals surface area (Å²) < 4.78 is 41.4. The Kier molecular flexibility index (Phi) is 11.1. The number of hydrogen-bond donors (Lipinski definition) is 1. The molecule has 2 amide bonds. The first-order chi connectivity index (χ1) is 19.0. The number of nitrogens with one attached hydrogen (secondary N) is 1. The molecule has 1 atom stereocenters. The van der Waals surface area contributed by atoms with E-state index >= 15 is 0 Å². The number of halogens is 2. The molecule has 0 unspecified atom stereocenters. The average molecular weight is 588 g/mol. The van der Waals surface area contributed by atoms with Gasteiger partial charge in [-0.05, 0) is 42.7 Å². The summed E-state index contributed by atoms with van der Waals surface area (Å²) in [6.07, 6.45) is 2.77. The van der Waals surface area contributed by atoms with Gasteiger partial charge in [0.15, 0.2) is 0 Å². The van der Waals surface area contributed by atoms with Crippen LogP contribution < -0.4 is 9.62 Å². The average Bonchev–Trinajstić information content (AvgIpc) is 2.91. The predicted molar refractivity (Wildman–Crippen MR) is 157 cm³/mol. The molecule has 3 aromatic carbocycles. The molecule has 0 aromatic heterocycles. The van der Waals surface area contributed by atoms with Crippen LogP contribution >= 0.6 is 11.6 Å². The van der Waals surface area contributed by atoms with Crippen molar-refractivity contribution < 1.29 is 22.4 Å². The molecule has 214 valence electrons. The summed E-state index contributed by atoms with van der Waals surface area (Å²) in [4.78, 5) is 28.8. The van der Waals surface area contributed by atoms with Gasteiger partial charge in [-0.3, -0.25) is 13.9 Å². The Labute approximate surface area is 241 Å². The van der Waals surface area contributed by atoms with Crippen molar-refractivity contribution in [2.45, 2.75) is 45.7 Å². The molecular weight excluding hydrogens is 553 g/mol. The second kappa shape index (κ2) is 14.3. The van der Waals surface area contributed by atoms with E-state index in [1.54, 1.807) is 25.1 Å². The SMILES string of the molecule is CCCCNC(=O)[C@H](Cc1ccccc1)N(Cc1ccccc1F)C(=O)CN(c1ccc(C)c(Cl)c1)S(C)(=O)=O. The molecule has 0 saturated heterocycles. The summed E-state index contributed by atoms with van der Waals surface area (Å²) in [7, 11) is -3.93. The van der Waals surface area contributed by atoms with E-state index in [2.05, 4.69) is 5.32 Å². The van der Waals surface area contributed by atoms with E-state index in [9.17, 15) is 22.4 Å². The topological polar surface area (TPSA) is 86.8 Å². The zero-order valence-electron chi connectivity index (χ0n) is 22.9. The summed E-state index contributed by atoms with van der Waals surface area (Å²) in [5.41, 5.74) is 1.97. The number of rotatable bonds is 13. The van der Waals surface area contributed by atoms with Crippen LogP contribution in [0.15, 0.2) is 72.8 Å². The maximum atomic E-state index is 14.8. The van der Waals surface area contributed by atoms with E-state index in [1.807, 2.05) is 37.3 Å². The first-order valence-electron chi connectivity index (χ1n) is 13.1. The Morgan fingerprint density at radius 2 is 1.70 bits per heavy atom. The maximum Gasteiger partial charge on any atom is 0.244 e. The van der Waals surface area contributed by atoms with Gasteiger partial charge in [-0.25, -0.2) is 12.8 Å². The van der Waals surface area contributed by atoms with Crippen LogP contribution in [0.1, 0.15) is 36.5 Å². The Balaban J connectivity index is 2.05. The van der Waals surface area contributed by atoms with Crippen LogP contribution in [0.25, 0.3) is 0 Å². The molecule has 0 spiro atoms. The number of carbonyl (C=O) groups excluding carboxylic acids is 2. The van der Waals surface area contributed by atoms with Gasteiger partial charge in [-0.2, -0.15) is 0 Å². The summed E-state index contributed by atoms with van der Waals surface area (Å²) in [6.45, 7) is 3.37. The number of carbonyl (C=O) groups is 2. The van der Waals surface area contributed by atoms with Crippen molar-refractivity contribution in [1.29, 1.82) is 0 Å². The molecular formula is C30H35ClFN3O4S. The fourth-order valence-electron chi connectivity index (χ4n) is 4.22. The molecule has 10 heteroatoms. The minimum atomic E-state index is -3.93. The van der Waals surface area contributed by atoms with Gasteiger partial charge in [0.1, 0.15) is 18.4 Å². The first kappa shape index (κ1) is 31.1. The zero-order chi connectivity index (χ0) is 29.3. The van der Waals surface area contributed by atoms with Crippen LogP contribution in [-0.2, 0) is 32.6 Å². The molecule has 0 aliphatic rings. The maximum absolute atomic E-state index is 14.8. The number of hydrogen-bond acceptors (Lipinski definition) is 4. The normalized spacial score (nSPS) is 12.0. The van der Waals surface area contributed by atoms with Gasteiger partial charge >= 0.3 is 0 Å². The monoisotopic (exact) mass is 587 g/mol. The Bertz CT molecular complexity index is 1420. The van der Waals surface area contributed by atoms with E-state index in [-0.39, 0.29) is 24.2 Å². The Hall–Kier alpha value is -3.43. The molecule has 7 nitrogen and oxygen atoms in total. The lowest BCUT2D eigenvalue weighted by atomic mass is 10.0. The van der Waals surface area contributed by atoms with E-state index in [0.29, 0.717) is 11.6 Å². The lowest BCUT2D eigenvalue weighted by molar-refractivity contribution is -0.140. The van der Waals surface area contributed by atoms with Crippen molar-refractivity contribution in [1.82, 2.24) is 10.2 Å². The number of sulfonamides is 1. The third kappa shape index (κ3) is 8.53. The summed E-state index contributed by atoms with van der Waals surface area (Å²) in [6, 6.07) is 18.9. The van der Waals surface area contributed by atoms with Crippen molar-refractivity contribution in [3.05, 3.63) is 100 Å². The number of aryl methyl sites for hydroxylation is 1. The number of anilines is 1. The lowest BCUT2D eigenvalue weighted by Gasteiger charge is -2.33. The van der Waals surface area contributed by atoms with Gasteiger partial charge < -0.3 is 10.2 Å². The highest BCUT2D eigenvalue weighted by Gasteiger charge is 2.33. The van der Waals surface area contributed by atoms with Crippen molar-refractivity contribution in [3.8, 4) is 0 Å². The molecule has 0 aliphatic heterocycles. The first-order valence-corrected chi connectivity index (χ1v) is 15.3. The minimum absolute atomic E-state index is 0.161. The zero-order valence-corrected chi connectivity index (χ0v) is 24.5. The largest absolute Gasteiger partial charge is 0.354 e. The van der Waals surface area contributed by atoms with Crippen molar-refractivity contribution in [2.75, 3.05) is 23.7 Å². The molecule has 0 saturated carbocycles. The molecule has 0 radical (unpaired) electrons. The van der Waals surface area contributed by atoms with Gasteiger partial charge in [-0.1, -0.05) is 79.5 Å². The van der Waals surface area contributed by atoms with Crippen molar-refractivity contribution in [2.24, 2.45) is 0 Å².